The van der Waals surface area contributed by atoms with Crippen molar-refractivity contribution in [3.8, 4) is 11.3 Å². The number of aliphatic carboxylic acids is 2. The number of carbonyl (C=O) groups is 3. The summed E-state index contributed by atoms with van der Waals surface area (Å²) in [5, 5.41) is 32.9. The normalized spacial score (nSPS) is 15.9. The number of furan rings is 1. The maximum absolute atomic E-state index is 12.8. The number of nitrogens with zero attached hydrogens (tertiary/aromatic N) is 2. The highest BCUT2D eigenvalue weighted by molar-refractivity contribution is 8.26. The number of carboxylic acid groups (broad SMARTS) is 2. The first kappa shape index (κ1) is 23.2. The van der Waals surface area contributed by atoms with Crippen molar-refractivity contribution < 1.29 is 33.9 Å². The van der Waals surface area contributed by atoms with Gasteiger partial charge in [-0.15, -0.1) is 0 Å². The van der Waals surface area contributed by atoms with E-state index in [1.54, 1.807) is 12.1 Å². The monoisotopic (exact) mass is 474 g/mol. The predicted molar refractivity (Wildman–Crippen MR) is 113 cm³/mol. The molecule has 1 atom stereocenters. The average Bonchev–Trinajstić information content (AvgIpc) is 3.30. The number of non-ortho nitro benzene ring substituents is 1. The van der Waals surface area contributed by atoms with Crippen molar-refractivity contribution in [3.05, 3.63) is 57.2 Å². The van der Waals surface area contributed by atoms with Gasteiger partial charge in [0.2, 0.25) is 0 Å². The Labute approximate surface area is 190 Å². The Balaban J connectivity index is 1.77. The van der Waals surface area contributed by atoms with Crippen LogP contribution in [0, 0.1) is 10.1 Å². The zero-order chi connectivity index (χ0) is 23.4. The third-order valence-electron chi connectivity index (χ3n) is 4.53. The van der Waals surface area contributed by atoms with E-state index in [2.05, 4.69) is 0 Å². The molecule has 1 aromatic carbocycles. The number of thioether (sulfide) groups is 1. The molecule has 2 heterocycles. The lowest BCUT2D eigenvalue weighted by Crippen LogP contribution is -2.50. The fourth-order valence-corrected chi connectivity index (χ4v) is 4.34. The van der Waals surface area contributed by atoms with Gasteiger partial charge in [0.15, 0.2) is 0 Å². The van der Waals surface area contributed by atoms with Gasteiger partial charge in [0, 0.05) is 29.7 Å². The minimum atomic E-state index is -1.54. The van der Waals surface area contributed by atoms with Crippen LogP contribution in [0.15, 0.2) is 45.7 Å². The van der Waals surface area contributed by atoms with E-state index in [-0.39, 0.29) is 34.2 Å². The van der Waals surface area contributed by atoms with Crippen molar-refractivity contribution in [2.75, 3.05) is 0 Å². The molecular weight excluding hydrogens is 460 g/mol. The Kier molecular flexibility index (Phi) is 7.05. The summed E-state index contributed by atoms with van der Waals surface area (Å²) in [6.45, 7) is 0. The largest absolute Gasteiger partial charge is 0.550 e. The van der Waals surface area contributed by atoms with Crippen molar-refractivity contribution in [1.29, 1.82) is 0 Å². The molecule has 166 valence electrons. The number of hydrogen-bond donors (Lipinski definition) is 0. The van der Waals surface area contributed by atoms with Gasteiger partial charge in [-0.1, -0.05) is 24.0 Å². The number of benzene rings is 1. The summed E-state index contributed by atoms with van der Waals surface area (Å²) >= 11 is 6.03. The molecular formula is C20H14N2O8S2-2. The zero-order valence-electron chi connectivity index (χ0n) is 16.2. The van der Waals surface area contributed by atoms with Crippen molar-refractivity contribution in [1.82, 2.24) is 4.90 Å². The molecule has 1 aliphatic rings. The number of carboxylic acids is 2. The molecule has 32 heavy (non-hydrogen) atoms. The number of nitro groups is 1. The van der Waals surface area contributed by atoms with E-state index >= 15 is 0 Å². The van der Waals surface area contributed by atoms with E-state index in [1.165, 1.54) is 30.3 Å². The van der Waals surface area contributed by atoms with Gasteiger partial charge >= 0.3 is 0 Å². The molecule has 0 aliphatic carbocycles. The highest BCUT2D eigenvalue weighted by atomic mass is 32.2. The molecule has 3 rings (SSSR count). The van der Waals surface area contributed by atoms with Crippen LogP contribution in [0.3, 0.4) is 0 Å². The molecule has 0 spiro atoms. The average molecular weight is 474 g/mol. The van der Waals surface area contributed by atoms with E-state index in [1.807, 2.05) is 0 Å². The maximum Gasteiger partial charge on any atom is 0.269 e. The summed E-state index contributed by atoms with van der Waals surface area (Å²) < 4.78 is 5.68. The summed E-state index contributed by atoms with van der Waals surface area (Å²) in [4.78, 5) is 46.1. The second kappa shape index (κ2) is 9.75. The third-order valence-corrected chi connectivity index (χ3v) is 5.86. The van der Waals surface area contributed by atoms with E-state index in [9.17, 15) is 34.7 Å². The van der Waals surface area contributed by atoms with Gasteiger partial charge < -0.3 is 24.2 Å². The number of carbonyl (C=O) groups excluding carboxylic acids is 3. The van der Waals surface area contributed by atoms with Crippen LogP contribution in [-0.4, -0.2) is 38.0 Å². The first-order valence-electron chi connectivity index (χ1n) is 9.20. The van der Waals surface area contributed by atoms with Gasteiger partial charge in [-0.2, -0.15) is 0 Å². The van der Waals surface area contributed by atoms with Crippen LogP contribution in [0.1, 0.15) is 25.0 Å². The Morgan fingerprint density at radius 2 is 1.88 bits per heavy atom. The van der Waals surface area contributed by atoms with Gasteiger partial charge in [-0.05, 0) is 43.5 Å². The summed E-state index contributed by atoms with van der Waals surface area (Å²) in [6.07, 6.45) is 0.878. The van der Waals surface area contributed by atoms with Gasteiger partial charge in [0.05, 0.1) is 21.8 Å². The second-order valence-electron chi connectivity index (χ2n) is 6.66. The summed E-state index contributed by atoms with van der Waals surface area (Å²) in [5.74, 6) is -2.82. The number of thiocarbonyl (C=S) groups is 1. The first-order valence-corrected chi connectivity index (χ1v) is 10.4. The van der Waals surface area contributed by atoms with Crippen LogP contribution in [0.2, 0.25) is 0 Å². The SMILES string of the molecule is O=C([O-])CCC[C@@H](C(=O)[O-])N1C(=O)/C(=C/c2ccc(-c3ccc([N+](=O)[O-])cc3)o2)SC1=S. The minimum Gasteiger partial charge on any atom is -0.550 e. The fraction of sp³-hybridized carbons (Fsp3) is 0.200. The Bertz CT molecular complexity index is 1120. The molecule has 0 radical (unpaired) electrons. The van der Waals surface area contributed by atoms with E-state index in [0.29, 0.717) is 17.1 Å². The van der Waals surface area contributed by atoms with Crippen molar-refractivity contribution >= 4 is 57.9 Å². The van der Waals surface area contributed by atoms with Crippen LogP contribution in [0.25, 0.3) is 17.4 Å². The lowest BCUT2D eigenvalue weighted by molar-refractivity contribution is -0.384. The lowest BCUT2D eigenvalue weighted by atomic mass is 10.1. The Hall–Kier alpha value is -3.51. The van der Waals surface area contributed by atoms with Crippen LogP contribution in [0.4, 0.5) is 5.69 Å². The second-order valence-corrected chi connectivity index (χ2v) is 8.33. The van der Waals surface area contributed by atoms with Crippen LogP contribution < -0.4 is 10.2 Å². The van der Waals surface area contributed by atoms with Gasteiger partial charge in [0.25, 0.3) is 11.6 Å². The van der Waals surface area contributed by atoms with Crippen molar-refractivity contribution in [2.45, 2.75) is 25.3 Å². The number of amides is 1. The van der Waals surface area contributed by atoms with Crippen LogP contribution in [0.5, 0.6) is 0 Å². The molecule has 0 bridgehead atoms. The quantitative estimate of drug-likeness (QED) is 0.223. The first-order chi connectivity index (χ1) is 15.2. The molecule has 2 aromatic rings. The van der Waals surface area contributed by atoms with Gasteiger partial charge in [-0.25, -0.2) is 0 Å². The van der Waals surface area contributed by atoms with E-state index < -0.39 is 28.8 Å². The summed E-state index contributed by atoms with van der Waals surface area (Å²) in [7, 11) is 0. The molecule has 1 aliphatic heterocycles. The molecule has 1 saturated heterocycles. The van der Waals surface area contributed by atoms with Crippen LogP contribution in [-0.2, 0) is 14.4 Å². The number of hydrogen-bond acceptors (Lipinski definition) is 10. The van der Waals surface area contributed by atoms with E-state index in [0.717, 1.165) is 16.7 Å². The molecule has 12 heteroatoms. The van der Waals surface area contributed by atoms with Crippen molar-refractivity contribution in [2.24, 2.45) is 0 Å². The highest BCUT2D eigenvalue weighted by Gasteiger charge is 2.37. The highest BCUT2D eigenvalue weighted by Crippen LogP contribution is 2.35. The van der Waals surface area contributed by atoms with Gasteiger partial charge in [0.1, 0.15) is 15.8 Å². The van der Waals surface area contributed by atoms with Crippen molar-refractivity contribution in [3.63, 3.8) is 0 Å². The lowest BCUT2D eigenvalue weighted by Gasteiger charge is -2.27. The Morgan fingerprint density at radius 1 is 1.19 bits per heavy atom. The van der Waals surface area contributed by atoms with Gasteiger partial charge in [-0.3, -0.25) is 19.8 Å². The summed E-state index contributed by atoms with van der Waals surface area (Å²) in [5.41, 5.74) is 0.527. The third kappa shape index (κ3) is 5.21. The molecule has 10 nitrogen and oxygen atoms in total. The topological polar surface area (TPSA) is 157 Å². The molecule has 1 fully saturated rings. The van der Waals surface area contributed by atoms with Crippen LogP contribution >= 0.6 is 24.0 Å². The molecule has 0 N–H and O–H groups in total. The number of rotatable bonds is 9. The zero-order valence-corrected chi connectivity index (χ0v) is 17.9. The molecule has 0 unspecified atom stereocenters. The molecule has 1 aromatic heterocycles. The number of nitro benzene ring substituents is 1. The maximum atomic E-state index is 12.8. The smallest absolute Gasteiger partial charge is 0.269 e. The standard InChI is InChI=1S/C20H16N2O8S2/c23-17(24)3-1-2-14(19(26)27)21-18(25)16(32-20(21)31)10-13-8-9-15(30-13)11-4-6-12(7-5-11)22(28)29/h4-10,14H,1-3H2,(H,23,24)(H,26,27)/p-2/b16-10-/t14-/m0/s1. The fourth-order valence-electron chi connectivity index (χ4n) is 3.00. The Morgan fingerprint density at radius 3 is 2.47 bits per heavy atom. The van der Waals surface area contributed by atoms with E-state index in [4.69, 9.17) is 16.6 Å². The summed E-state index contributed by atoms with van der Waals surface area (Å²) in [6, 6.07) is 7.53. The minimum absolute atomic E-state index is 0.00560. The molecule has 0 saturated carbocycles. The molecule has 1 amide bonds. The predicted octanol–water partition coefficient (Wildman–Crippen LogP) is 1.09.